The number of hydrogen-bond acceptors (Lipinski definition) is 4. The van der Waals surface area contributed by atoms with Crippen LogP contribution < -0.4 is 10.6 Å². The lowest BCUT2D eigenvalue weighted by Gasteiger charge is -2.32. The topological polar surface area (TPSA) is 65.7 Å². The van der Waals surface area contributed by atoms with Crippen molar-refractivity contribution in [1.82, 2.24) is 20.5 Å². The van der Waals surface area contributed by atoms with Gasteiger partial charge in [0.15, 0.2) is 5.96 Å². The van der Waals surface area contributed by atoms with Gasteiger partial charge in [-0.3, -0.25) is 9.88 Å². The summed E-state index contributed by atoms with van der Waals surface area (Å²) < 4.78 is 5.60. The van der Waals surface area contributed by atoms with E-state index in [1.165, 1.54) is 0 Å². The minimum absolute atomic E-state index is 0.454. The van der Waals surface area contributed by atoms with Crippen LogP contribution in [-0.2, 0) is 13.1 Å². The zero-order chi connectivity index (χ0) is 19.1. The van der Waals surface area contributed by atoms with Crippen molar-refractivity contribution in [2.45, 2.75) is 52.7 Å². The molecule has 0 unspecified atom stereocenters. The van der Waals surface area contributed by atoms with E-state index in [0.717, 1.165) is 67.8 Å². The maximum absolute atomic E-state index is 5.60. The van der Waals surface area contributed by atoms with Crippen LogP contribution in [0.5, 0.6) is 0 Å². The molecule has 0 spiro atoms. The first-order chi connectivity index (χ1) is 13.1. The average Bonchev–Trinajstić information content (AvgIpc) is 2.99. The summed E-state index contributed by atoms with van der Waals surface area (Å²) in [5.41, 5.74) is 2.29. The fourth-order valence-corrected chi connectivity index (χ4v) is 3.47. The Bertz CT molecular complexity index is 732. The van der Waals surface area contributed by atoms with Gasteiger partial charge in [0, 0.05) is 44.0 Å². The molecule has 6 nitrogen and oxygen atoms in total. The summed E-state index contributed by atoms with van der Waals surface area (Å²) in [6, 6.07) is 8.64. The number of guanidine groups is 1. The zero-order valence-electron chi connectivity index (χ0n) is 16.7. The molecular formula is C21H31N5O. The molecule has 0 amide bonds. The highest BCUT2D eigenvalue weighted by atomic mass is 16.3. The molecule has 1 aliphatic rings. The van der Waals surface area contributed by atoms with Gasteiger partial charge in [-0.2, -0.15) is 0 Å². The molecule has 1 fully saturated rings. The number of piperidine rings is 1. The Balaban J connectivity index is 1.50. The summed E-state index contributed by atoms with van der Waals surface area (Å²) in [7, 11) is 0. The van der Waals surface area contributed by atoms with Crippen LogP contribution in [0.1, 0.15) is 42.5 Å². The number of furan rings is 1. The molecule has 0 saturated carbocycles. The summed E-state index contributed by atoms with van der Waals surface area (Å²) >= 11 is 0. The van der Waals surface area contributed by atoms with E-state index in [-0.39, 0.29) is 0 Å². The minimum atomic E-state index is 0.454. The molecule has 27 heavy (non-hydrogen) atoms. The molecule has 2 N–H and O–H groups in total. The Labute approximate surface area is 162 Å². The van der Waals surface area contributed by atoms with E-state index in [1.807, 2.05) is 26.1 Å². The Morgan fingerprint density at radius 3 is 2.74 bits per heavy atom. The lowest BCUT2D eigenvalue weighted by atomic mass is 10.0. The van der Waals surface area contributed by atoms with Crippen molar-refractivity contribution in [3.05, 3.63) is 53.2 Å². The van der Waals surface area contributed by atoms with Gasteiger partial charge in [0.05, 0.1) is 12.2 Å². The van der Waals surface area contributed by atoms with Gasteiger partial charge in [0.25, 0.3) is 0 Å². The molecule has 146 valence electrons. The highest BCUT2D eigenvalue weighted by Crippen LogP contribution is 2.15. The highest BCUT2D eigenvalue weighted by molar-refractivity contribution is 5.80. The van der Waals surface area contributed by atoms with Gasteiger partial charge in [0.2, 0.25) is 0 Å². The third kappa shape index (κ3) is 5.82. The third-order valence-corrected chi connectivity index (χ3v) is 4.94. The van der Waals surface area contributed by atoms with E-state index in [2.05, 4.69) is 45.6 Å². The predicted octanol–water partition coefficient (Wildman–Crippen LogP) is 3.01. The van der Waals surface area contributed by atoms with Gasteiger partial charge in [-0.1, -0.05) is 6.07 Å². The Morgan fingerprint density at radius 1 is 1.30 bits per heavy atom. The van der Waals surface area contributed by atoms with Crippen LogP contribution in [0.2, 0.25) is 0 Å². The van der Waals surface area contributed by atoms with Gasteiger partial charge in [-0.25, -0.2) is 4.99 Å². The predicted molar refractivity (Wildman–Crippen MR) is 109 cm³/mol. The summed E-state index contributed by atoms with van der Waals surface area (Å²) in [5, 5.41) is 6.97. The molecule has 6 heteroatoms. The summed E-state index contributed by atoms with van der Waals surface area (Å²) in [6.45, 7) is 10.6. The Hall–Kier alpha value is -2.34. The molecule has 2 aromatic heterocycles. The van der Waals surface area contributed by atoms with E-state index in [0.29, 0.717) is 12.6 Å². The lowest BCUT2D eigenvalue weighted by molar-refractivity contribution is 0.196. The number of pyridine rings is 1. The van der Waals surface area contributed by atoms with E-state index >= 15 is 0 Å². The van der Waals surface area contributed by atoms with Crippen LogP contribution in [0, 0.1) is 13.8 Å². The second kappa shape index (κ2) is 9.55. The third-order valence-electron chi connectivity index (χ3n) is 4.94. The van der Waals surface area contributed by atoms with Crippen LogP contribution in [0.4, 0.5) is 0 Å². The van der Waals surface area contributed by atoms with Crippen LogP contribution in [0.15, 0.2) is 39.9 Å². The first-order valence-corrected chi connectivity index (χ1v) is 9.87. The average molecular weight is 370 g/mol. The quantitative estimate of drug-likeness (QED) is 0.605. The van der Waals surface area contributed by atoms with Crippen LogP contribution in [0.25, 0.3) is 0 Å². The van der Waals surface area contributed by atoms with E-state index in [4.69, 9.17) is 9.41 Å². The van der Waals surface area contributed by atoms with Gasteiger partial charge < -0.3 is 15.1 Å². The van der Waals surface area contributed by atoms with Crippen molar-refractivity contribution in [3.63, 3.8) is 0 Å². The molecule has 0 atom stereocenters. The molecule has 0 aromatic carbocycles. The van der Waals surface area contributed by atoms with Crippen molar-refractivity contribution >= 4 is 5.96 Å². The molecular weight excluding hydrogens is 338 g/mol. The first kappa shape index (κ1) is 19.4. The summed E-state index contributed by atoms with van der Waals surface area (Å²) in [5.74, 6) is 2.78. The van der Waals surface area contributed by atoms with Crippen molar-refractivity contribution in [1.29, 1.82) is 0 Å². The van der Waals surface area contributed by atoms with Crippen molar-refractivity contribution < 1.29 is 4.42 Å². The van der Waals surface area contributed by atoms with Crippen LogP contribution in [-0.4, -0.2) is 41.5 Å². The van der Waals surface area contributed by atoms with Crippen molar-refractivity contribution in [2.75, 3.05) is 19.6 Å². The fourth-order valence-electron chi connectivity index (χ4n) is 3.47. The monoisotopic (exact) mass is 369 g/mol. The second-order valence-electron chi connectivity index (χ2n) is 7.15. The smallest absolute Gasteiger partial charge is 0.191 e. The molecule has 3 heterocycles. The number of aryl methyl sites for hydroxylation is 2. The number of rotatable bonds is 6. The number of likely N-dealkylation sites (tertiary alicyclic amines) is 1. The van der Waals surface area contributed by atoms with Crippen LogP contribution in [0.3, 0.4) is 0 Å². The van der Waals surface area contributed by atoms with Crippen molar-refractivity contribution in [2.24, 2.45) is 4.99 Å². The fraction of sp³-hybridized carbons (Fsp3) is 0.524. The number of aromatic nitrogens is 1. The van der Waals surface area contributed by atoms with Crippen LogP contribution >= 0.6 is 0 Å². The van der Waals surface area contributed by atoms with Gasteiger partial charge in [-0.15, -0.1) is 0 Å². The number of nitrogens with zero attached hydrogens (tertiary/aromatic N) is 3. The van der Waals surface area contributed by atoms with E-state index in [9.17, 15) is 0 Å². The number of nitrogens with one attached hydrogen (secondary N) is 2. The largest absolute Gasteiger partial charge is 0.466 e. The first-order valence-electron chi connectivity index (χ1n) is 9.87. The van der Waals surface area contributed by atoms with Gasteiger partial charge >= 0.3 is 0 Å². The molecule has 2 aromatic rings. The Morgan fingerprint density at radius 2 is 2.11 bits per heavy atom. The SMILES string of the molecule is CCNC(=NCc1cc(C)oc1C)NC1CCN(Cc2ccccn2)CC1. The molecule has 1 aliphatic heterocycles. The van der Waals surface area contributed by atoms with Gasteiger partial charge in [0.1, 0.15) is 11.5 Å². The number of hydrogen-bond donors (Lipinski definition) is 2. The van der Waals surface area contributed by atoms with Gasteiger partial charge in [-0.05, 0) is 51.8 Å². The highest BCUT2D eigenvalue weighted by Gasteiger charge is 2.20. The minimum Gasteiger partial charge on any atom is -0.466 e. The maximum Gasteiger partial charge on any atom is 0.191 e. The summed E-state index contributed by atoms with van der Waals surface area (Å²) in [4.78, 5) is 11.7. The molecule has 0 bridgehead atoms. The lowest BCUT2D eigenvalue weighted by Crippen LogP contribution is -2.48. The summed E-state index contributed by atoms with van der Waals surface area (Å²) in [6.07, 6.45) is 4.09. The second-order valence-corrected chi connectivity index (χ2v) is 7.15. The maximum atomic E-state index is 5.60. The molecule has 0 aliphatic carbocycles. The van der Waals surface area contributed by atoms with E-state index in [1.54, 1.807) is 0 Å². The van der Waals surface area contributed by atoms with Crippen molar-refractivity contribution in [3.8, 4) is 0 Å². The Kier molecular flexibility index (Phi) is 6.87. The molecule has 3 rings (SSSR count). The zero-order valence-corrected chi connectivity index (χ0v) is 16.7. The number of aliphatic imine (C=N–C) groups is 1. The standard InChI is InChI=1S/C21H31N5O/c1-4-22-21(24-14-18-13-16(2)27-17(18)3)25-19-8-11-26(12-9-19)15-20-7-5-6-10-23-20/h5-7,10,13,19H,4,8-9,11-12,14-15H2,1-3H3,(H2,22,24,25). The van der Waals surface area contributed by atoms with E-state index < -0.39 is 0 Å². The normalized spacial score (nSPS) is 16.5. The molecule has 1 saturated heterocycles. The molecule has 0 radical (unpaired) electrons.